The molecule has 0 aliphatic carbocycles. The summed E-state index contributed by atoms with van der Waals surface area (Å²) in [6.07, 6.45) is -0.0245. The van der Waals surface area contributed by atoms with Gasteiger partial charge in [0.2, 0.25) is 0 Å². The maximum atomic E-state index is 12.0. The van der Waals surface area contributed by atoms with Crippen LogP contribution >= 0.6 is 0 Å². The Kier molecular flexibility index (Phi) is 6.40. The first kappa shape index (κ1) is 18.0. The Morgan fingerprint density at radius 3 is 2.32 bits per heavy atom. The molecule has 0 heterocycles. The molecule has 0 bridgehead atoms. The molecule has 0 spiro atoms. The lowest BCUT2D eigenvalue weighted by Gasteiger charge is -2.32. The molecule has 1 aromatic carbocycles. The van der Waals surface area contributed by atoms with Crippen LogP contribution in [-0.4, -0.2) is 23.2 Å². The fraction of sp³-hybridized carbons (Fsp3) is 0.529. The van der Waals surface area contributed by atoms with E-state index in [1.54, 1.807) is 13.8 Å². The highest BCUT2D eigenvalue weighted by Gasteiger charge is 2.38. The minimum Gasteiger partial charge on any atom is -0.481 e. The van der Waals surface area contributed by atoms with Crippen molar-refractivity contribution in [2.75, 3.05) is 0 Å². The lowest BCUT2D eigenvalue weighted by Crippen LogP contribution is -2.49. The number of hydrogen-bond acceptors (Lipinski definition) is 3. The predicted molar refractivity (Wildman–Crippen MR) is 84.4 cm³/mol. The lowest BCUT2D eigenvalue weighted by molar-refractivity contribution is -0.148. The van der Waals surface area contributed by atoms with Gasteiger partial charge in [0.1, 0.15) is 6.61 Å². The normalized spacial score (nSPS) is 12.8. The van der Waals surface area contributed by atoms with E-state index in [1.165, 1.54) is 0 Å². The summed E-state index contributed by atoms with van der Waals surface area (Å²) in [6.45, 7) is 7.36. The number of carbonyl (C=O) groups is 2. The zero-order valence-electron chi connectivity index (χ0n) is 13.6. The first-order chi connectivity index (χ1) is 10.2. The Hall–Kier alpha value is -2.04. The Labute approximate surface area is 131 Å². The third-order valence-corrected chi connectivity index (χ3v) is 3.63. The third-order valence-electron chi connectivity index (χ3n) is 3.63. The second-order valence-corrected chi connectivity index (χ2v) is 6.42. The lowest BCUT2D eigenvalue weighted by atomic mass is 9.80. The standard InChI is InChI=1S/C17H25NO4/c1-12(2)10-14(17(3,4)15(19)20)18-16(21)22-11-13-8-6-5-7-9-13/h5-9,12,14H,10-11H2,1-4H3,(H,18,21)(H,19,20). The van der Waals surface area contributed by atoms with Crippen molar-refractivity contribution in [2.45, 2.75) is 46.8 Å². The molecule has 5 nitrogen and oxygen atoms in total. The average Bonchev–Trinajstić information content (AvgIpc) is 2.45. The molecule has 0 saturated carbocycles. The number of carboxylic acids is 1. The fourth-order valence-corrected chi connectivity index (χ4v) is 2.06. The van der Waals surface area contributed by atoms with Crippen LogP contribution in [0.3, 0.4) is 0 Å². The van der Waals surface area contributed by atoms with Crippen LogP contribution in [0, 0.1) is 11.3 Å². The van der Waals surface area contributed by atoms with E-state index in [4.69, 9.17) is 4.74 Å². The van der Waals surface area contributed by atoms with Crippen molar-refractivity contribution in [3.05, 3.63) is 35.9 Å². The number of nitrogens with one attached hydrogen (secondary N) is 1. The molecule has 122 valence electrons. The maximum absolute atomic E-state index is 12.0. The third kappa shape index (κ3) is 5.39. The molecule has 1 aromatic rings. The number of hydrogen-bond donors (Lipinski definition) is 2. The van der Waals surface area contributed by atoms with Gasteiger partial charge in [0.15, 0.2) is 0 Å². The molecule has 0 radical (unpaired) electrons. The van der Waals surface area contributed by atoms with Gasteiger partial charge in [0.05, 0.1) is 5.41 Å². The first-order valence-electron chi connectivity index (χ1n) is 7.44. The maximum Gasteiger partial charge on any atom is 0.407 e. The number of carbonyl (C=O) groups excluding carboxylic acids is 1. The van der Waals surface area contributed by atoms with Gasteiger partial charge in [-0.25, -0.2) is 4.79 Å². The fourth-order valence-electron chi connectivity index (χ4n) is 2.06. The van der Waals surface area contributed by atoms with E-state index in [1.807, 2.05) is 44.2 Å². The number of benzene rings is 1. The highest BCUT2D eigenvalue weighted by atomic mass is 16.5. The minimum absolute atomic E-state index is 0.161. The van der Waals surface area contributed by atoms with E-state index in [0.717, 1.165) is 5.56 Å². The summed E-state index contributed by atoms with van der Waals surface area (Å²) in [7, 11) is 0. The van der Waals surface area contributed by atoms with E-state index in [0.29, 0.717) is 6.42 Å². The van der Waals surface area contributed by atoms with Gasteiger partial charge < -0.3 is 15.2 Å². The van der Waals surface area contributed by atoms with E-state index in [-0.39, 0.29) is 12.5 Å². The number of aliphatic carboxylic acids is 1. The van der Waals surface area contributed by atoms with E-state index in [2.05, 4.69) is 5.32 Å². The van der Waals surface area contributed by atoms with Gasteiger partial charge in [-0.2, -0.15) is 0 Å². The molecule has 0 fully saturated rings. The molecule has 0 aromatic heterocycles. The molecule has 2 N–H and O–H groups in total. The van der Waals surface area contributed by atoms with E-state index >= 15 is 0 Å². The van der Waals surface area contributed by atoms with Crippen molar-refractivity contribution in [1.29, 1.82) is 0 Å². The van der Waals surface area contributed by atoms with Crippen molar-refractivity contribution >= 4 is 12.1 Å². The highest BCUT2D eigenvalue weighted by molar-refractivity contribution is 5.76. The van der Waals surface area contributed by atoms with Crippen LogP contribution in [-0.2, 0) is 16.1 Å². The summed E-state index contributed by atoms with van der Waals surface area (Å²) in [5, 5.41) is 12.1. The molecule has 5 heteroatoms. The number of rotatable bonds is 7. The molecule has 1 atom stereocenters. The summed E-state index contributed by atoms with van der Waals surface area (Å²) >= 11 is 0. The van der Waals surface area contributed by atoms with Crippen molar-refractivity contribution in [3.8, 4) is 0 Å². The summed E-state index contributed by atoms with van der Waals surface area (Å²) in [6, 6.07) is 8.85. The van der Waals surface area contributed by atoms with E-state index < -0.39 is 23.5 Å². The molecule has 0 saturated heterocycles. The summed E-state index contributed by atoms with van der Waals surface area (Å²) < 4.78 is 5.17. The second kappa shape index (κ2) is 7.82. The second-order valence-electron chi connectivity index (χ2n) is 6.42. The molecule has 1 amide bonds. The SMILES string of the molecule is CC(C)CC(NC(=O)OCc1ccccc1)C(C)(C)C(=O)O. The van der Waals surface area contributed by atoms with Crippen molar-refractivity contribution < 1.29 is 19.4 Å². The van der Waals surface area contributed by atoms with Gasteiger partial charge in [0, 0.05) is 6.04 Å². The molecule has 0 aliphatic heterocycles. The Morgan fingerprint density at radius 2 is 1.82 bits per heavy atom. The number of ether oxygens (including phenoxy) is 1. The smallest absolute Gasteiger partial charge is 0.407 e. The van der Waals surface area contributed by atoms with Gasteiger partial charge in [-0.15, -0.1) is 0 Å². The van der Waals surface area contributed by atoms with Crippen LogP contribution in [0.4, 0.5) is 4.79 Å². The van der Waals surface area contributed by atoms with Gasteiger partial charge in [-0.05, 0) is 31.7 Å². The van der Waals surface area contributed by atoms with Crippen LogP contribution in [0.15, 0.2) is 30.3 Å². The minimum atomic E-state index is -1.06. The highest BCUT2D eigenvalue weighted by Crippen LogP contribution is 2.26. The number of alkyl carbamates (subject to hydrolysis) is 1. The van der Waals surface area contributed by atoms with Gasteiger partial charge in [-0.3, -0.25) is 4.79 Å². The molecule has 0 aliphatic rings. The molecular weight excluding hydrogens is 282 g/mol. The van der Waals surface area contributed by atoms with Crippen molar-refractivity contribution in [3.63, 3.8) is 0 Å². The van der Waals surface area contributed by atoms with Crippen LogP contribution in [0.2, 0.25) is 0 Å². The quantitative estimate of drug-likeness (QED) is 0.809. The molecular formula is C17H25NO4. The van der Waals surface area contributed by atoms with Gasteiger partial charge >= 0.3 is 12.1 Å². The zero-order valence-corrected chi connectivity index (χ0v) is 13.6. The van der Waals surface area contributed by atoms with Gasteiger partial charge in [0.25, 0.3) is 0 Å². The molecule has 1 rings (SSSR count). The number of amides is 1. The van der Waals surface area contributed by atoms with Crippen LogP contribution in [0.1, 0.15) is 39.7 Å². The Bertz CT molecular complexity index is 497. The first-order valence-corrected chi connectivity index (χ1v) is 7.44. The molecule has 22 heavy (non-hydrogen) atoms. The largest absolute Gasteiger partial charge is 0.481 e. The summed E-state index contributed by atoms with van der Waals surface area (Å²) in [5.74, 6) is -0.681. The topological polar surface area (TPSA) is 75.6 Å². The van der Waals surface area contributed by atoms with Gasteiger partial charge in [-0.1, -0.05) is 44.2 Å². The summed E-state index contributed by atoms with van der Waals surface area (Å²) in [4.78, 5) is 23.4. The van der Waals surface area contributed by atoms with Crippen LogP contribution in [0.25, 0.3) is 0 Å². The predicted octanol–water partition coefficient (Wildman–Crippen LogP) is 3.44. The Balaban J connectivity index is 2.65. The van der Waals surface area contributed by atoms with Crippen LogP contribution in [0.5, 0.6) is 0 Å². The van der Waals surface area contributed by atoms with E-state index in [9.17, 15) is 14.7 Å². The monoisotopic (exact) mass is 307 g/mol. The number of carboxylic acid groups (broad SMARTS) is 1. The average molecular weight is 307 g/mol. The van der Waals surface area contributed by atoms with Crippen molar-refractivity contribution in [1.82, 2.24) is 5.32 Å². The zero-order chi connectivity index (χ0) is 16.8. The van der Waals surface area contributed by atoms with Crippen LogP contribution < -0.4 is 5.32 Å². The summed E-state index contributed by atoms with van der Waals surface area (Å²) in [5.41, 5.74) is -0.175. The Morgan fingerprint density at radius 1 is 1.23 bits per heavy atom. The van der Waals surface area contributed by atoms with Crippen molar-refractivity contribution in [2.24, 2.45) is 11.3 Å². The molecule has 1 unspecified atom stereocenters.